The summed E-state index contributed by atoms with van der Waals surface area (Å²) in [6, 6.07) is 10.4. The van der Waals surface area contributed by atoms with Gasteiger partial charge in [-0.25, -0.2) is 13.8 Å². The third-order valence-electron chi connectivity index (χ3n) is 3.30. The van der Waals surface area contributed by atoms with Gasteiger partial charge in [-0.05, 0) is 12.1 Å². The highest BCUT2D eigenvalue weighted by molar-refractivity contribution is 7.17. The van der Waals surface area contributed by atoms with E-state index in [0.717, 1.165) is 12.1 Å². The van der Waals surface area contributed by atoms with Gasteiger partial charge in [0.15, 0.2) is 5.69 Å². The smallest absolute Gasteiger partial charge is 0.319 e. The molecule has 9 heteroatoms. The van der Waals surface area contributed by atoms with Crippen LogP contribution in [0, 0.1) is 11.6 Å². The van der Waals surface area contributed by atoms with Gasteiger partial charge >= 0.3 is 6.18 Å². The number of aromatic nitrogens is 1. The standard InChI is InChI=1S/C17H9F5N2OS/c18-10-6-7-12(11(19)8-10)23-15(25)13-14(17(20,21)22)24-16(26-13)9-4-2-1-3-5-9/h1-8H,(H,23,25). The normalized spacial score (nSPS) is 11.4. The topological polar surface area (TPSA) is 42.0 Å². The van der Waals surface area contributed by atoms with Crippen molar-refractivity contribution in [2.75, 3.05) is 5.32 Å². The molecule has 0 fully saturated rings. The first-order chi connectivity index (χ1) is 12.3. The number of amides is 1. The monoisotopic (exact) mass is 384 g/mol. The number of nitrogens with one attached hydrogen (secondary N) is 1. The molecule has 0 spiro atoms. The lowest BCUT2D eigenvalue weighted by Gasteiger charge is -2.08. The lowest BCUT2D eigenvalue weighted by atomic mass is 10.2. The second kappa shape index (κ2) is 6.83. The molecule has 3 nitrogen and oxygen atoms in total. The zero-order valence-corrected chi connectivity index (χ0v) is 13.6. The average Bonchev–Trinajstić information content (AvgIpc) is 3.04. The largest absolute Gasteiger partial charge is 0.435 e. The van der Waals surface area contributed by atoms with Gasteiger partial charge < -0.3 is 5.32 Å². The fraction of sp³-hybridized carbons (Fsp3) is 0.0588. The number of benzene rings is 2. The number of carbonyl (C=O) groups excluding carboxylic acids is 1. The Morgan fingerprint density at radius 1 is 1.04 bits per heavy atom. The fourth-order valence-corrected chi connectivity index (χ4v) is 3.13. The van der Waals surface area contributed by atoms with E-state index in [-0.39, 0.29) is 5.01 Å². The lowest BCUT2D eigenvalue weighted by molar-refractivity contribution is -0.140. The van der Waals surface area contributed by atoms with Crippen LogP contribution in [0.25, 0.3) is 10.6 Å². The molecule has 0 aliphatic heterocycles. The number of hydrogen-bond acceptors (Lipinski definition) is 3. The van der Waals surface area contributed by atoms with Crippen LogP contribution in [-0.4, -0.2) is 10.9 Å². The Bertz CT molecular complexity index is 954. The van der Waals surface area contributed by atoms with Gasteiger partial charge in [-0.1, -0.05) is 30.3 Å². The van der Waals surface area contributed by atoms with Gasteiger partial charge in [-0.15, -0.1) is 11.3 Å². The molecule has 0 saturated heterocycles. The molecule has 1 aromatic heterocycles. The van der Waals surface area contributed by atoms with Crippen molar-refractivity contribution in [3.63, 3.8) is 0 Å². The van der Waals surface area contributed by atoms with Crippen LogP contribution in [0.5, 0.6) is 0 Å². The van der Waals surface area contributed by atoms with Crippen LogP contribution in [-0.2, 0) is 6.18 Å². The van der Waals surface area contributed by atoms with Gasteiger partial charge in [0.2, 0.25) is 0 Å². The molecule has 0 atom stereocenters. The minimum absolute atomic E-state index is 0.00246. The summed E-state index contributed by atoms with van der Waals surface area (Å²) >= 11 is 0.536. The van der Waals surface area contributed by atoms with Crippen LogP contribution < -0.4 is 5.32 Å². The van der Waals surface area contributed by atoms with E-state index in [1.54, 1.807) is 30.3 Å². The number of halogens is 5. The molecule has 0 aliphatic carbocycles. The SMILES string of the molecule is O=C(Nc1ccc(F)cc1F)c1sc(-c2ccccc2)nc1C(F)(F)F. The van der Waals surface area contributed by atoms with Crippen LogP contribution in [0.2, 0.25) is 0 Å². The highest BCUT2D eigenvalue weighted by atomic mass is 32.1. The highest BCUT2D eigenvalue weighted by Crippen LogP contribution is 2.38. The molecule has 2 aromatic carbocycles. The minimum Gasteiger partial charge on any atom is -0.319 e. The maximum Gasteiger partial charge on any atom is 0.435 e. The Morgan fingerprint density at radius 3 is 2.35 bits per heavy atom. The van der Waals surface area contributed by atoms with Crippen LogP contribution in [0.1, 0.15) is 15.4 Å². The Balaban J connectivity index is 2.00. The number of thiazole rings is 1. The van der Waals surface area contributed by atoms with Crippen molar-refractivity contribution in [1.82, 2.24) is 4.98 Å². The third kappa shape index (κ3) is 3.72. The van der Waals surface area contributed by atoms with Crippen LogP contribution in [0.4, 0.5) is 27.6 Å². The van der Waals surface area contributed by atoms with Gasteiger partial charge in [0.25, 0.3) is 5.91 Å². The van der Waals surface area contributed by atoms with E-state index in [2.05, 4.69) is 4.98 Å². The van der Waals surface area contributed by atoms with Crippen LogP contribution >= 0.6 is 11.3 Å². The van der Waals surface area contributed by atoms with Gasteiger partial charge in [0.1, 0.15) is 21.5 Å². The highest BCUT2D eigenvalue weighted by Gasteiger charge is 2.39. The van der Waals surface area contributed by atoms with Crippen molar-refractivity contribution in [2.24, 2.45) is 0 Å². The van der Waals surface area contributed by atoms with Crippen molar-refractivity contribution in [2.45, 2.75) is 6.18 Å². The maximum absolute atomic E-state index is 13.6. The van der Waals surface area contributed by atoms with Crippen molar-refractivity contribution < 1.29 is 26.7 Å². The maximum atomic E-state index is 13.6. The summed E-state index contributed by atoms with van der Waals surface area (Å²) in [4.78, 5) is 15.1. The molecule has 0 saturated carbocycles. The lowest BCUT2D eigenvalue weighted by Crippen LogP contribution is -2.17. The molecule has 0 bridgehead atoms. The Kier molecular flexibility index (Phi) is 4.73. The summed E-state index contributed by atoms with van der Waals surface area (Å²) < 4.78 is 66.3. The number of carbonyl (C=O) groups is 1. The van der Waals surface area contributed by atoms with E-state index in [0.29, 0.717) is 23.0 Å². The number of alkyl halides is 3. The summed E-state index contributed by atoms with van der Waals surface area (Å²) in [6.45, 7) is 0. The number of hydrogen-bond donors (Lipinski definition) is 1. The average molecular weight is 384 g/mol. The second-order valence-corrected chi connectivity index (χ2v) is 6.14. The Labute approximate surface area is 148 Å². The predicted octanol–water partition coefficient (Wildman–Crippen LogP) is 5.36. The molecular weight excluding hydrogens is 375 g/mol. The molecular formula is C17H9F5N2OS. The molecule has 1 amide bonds. The van der Waals surface area contributed by atoms with Crippen LogP contribution in [0.15, 0.2) is 48.5 Å². The van der Waals surface area contributed by atoms with Gasteiger partial charge in [-0.3, -0.25) is 4.79 Å². The van der Waals surface area contributed by atoms with E-state index in [9.17, 15) is 26.7 Å². The van der Waals surface area contributed by atoms with Crippen molar-refractivity contribution in [3.05, 3.63) is 70.7 Å². The zero-order valence-electron chi connectivity index (χ0n) is 12.8. The minimum atomic E-state index is -4.86. The summed E-state index contributed by atoms with van der Waals surface area (Å²) in [7, 11) is 0. The van der Waals surface area contributed by atoms with E-state index >= 15 is 0 Å². The van der Waals surface area contributed by atoms with Crippen molar-refractivity contribution in [3.8, 4) is 10.6 Å². The molecule has 0 radical (unpaired) electrons. The summed E-state index contributed by atoms with van der Waals surface area (Å²) in [5, 5.41) is 2.02. The molecule has 1 N–H and O–H groups in total. The van der Waals surface area contributed by atoms with E-state index in [1.807, 2.05) is 5.32 Å². The molecule has 3 aromatic rings. The number of anilines is 1. The van der Waals surface area contributed by atoms with Gasteiger partial charge in [-0.2, -0.15) is 13.2 Å². The van der Waals surface area contributed by atoms with Gasteiger partial charge in [0, 0.05) is 11.6 Å². The fourth-order valence-electron chi connectivity index (χ4n) is 2.14. The number of rotatable bonds is 3. The van der Waals surface area contributed by atoms with Crippen LogP contribution in [0.3, 0.4) is 0 Å². The second-order valence-electron chi connectivity index (χ2n) is 5.14. The predicted molar refractivity (Wildman–Crippen MR) is 86.9 cm³/mol. The summed E-state index contributed by atoms with van der Waals surface area (Å²) in [6.07, 6.45) is -4.86. The van der Waals surface area contributed by atoms with E-state index in [4.69, 9.17) is 0 Å². The molecule has 1 heterocycles. The Hall–Kier alpha value is -2.81. The van der Waals surface area contributed by atoms with Gasteiger partial charge in [0.05, 0.1) is 5.69 Å². The molecule has 0 aliphatic rings. The first-order valence-electron chi connectivity index (χ1n) is 7.15. The molecule has 26 heavy (non-hydrogen) atoms. The first-order valence-corrected chi connectivity index (χ1v) is 7.97. The summed E-state index contributed by atoms with van der Waals surface area (Å²) in [5.41, 5.74) is -1.38. The summed E-state index contributed by atoms with van der Waals surface area (Å²) in [5.74, 6) is -3.15. The van der Waals surface area contributed by atoms with E-state index < -0.39 is 40.0 Å². The van der Waals surface area contributed by atoms with Crippen molar-refractivity contribution in [1.29, 1.82) is 0 Å². The zero-order chi connectivity index (χ0) is 18.9. The molecule has 134 valence electrons. The quantitative estimate of drug-likeness (QED) is 0.618. The van der Waals surface area contributed by atoms with Crippen molar-refractivity contribution >= 4 is 22.9 Å². The van der Waals surface area contributed by atoms with E-state index in [1.165, 1.54) is 0 Å². The molecule has 3 rings (SSSR count). The molecule has 0 unspecified atom stereocenters. The number of nitrogens with zero attached hydrogens (tertiary/aromatic N) is 1. The third-order valence-corrected chi connectivity index (χ3v) is 4.41. The first kappa shape index (κ1) is 18.0. The Morgan fingerprint density at radius 2 is 1.73 bits per heavy atom.